The predicted molar refractivity (Wildman–Crippen MR) is 95.7 cm³/mol. The van der Waals surface area contributed by atoms with Crippen molar-refractivity contribution in [3.63, 3.8) is 0 Å². The predicted octanol–water partition coefficient (Wildman–Crippen LogP) is 5.69. The summed E-state index contributed by atoms with van der Waals surface area (Å²) in [6.45, 7) is 12.0. The van der Waals surface area contributed by atoms with Crippen LogP contribution < -0.4 is 0 Å². The largest absolute Gasteiger partial charge is 0.396 e. The third-order valence-corrected chi connectivity index (χ3v) is 5.72. The van der Waals surface area contributed by atoms with Crippen molar-refractivity contribution in [1.29, 1.82) is 0 Å². The molecule has 1 aliphatic rings. The summed E-state index contributed by atoms with van der Waals surface area (Å²) in [5.74, 6) is 0.303. The molecular formula is C21H34O. The fourth-order valence-electron chi connectivity index (χ4n) is 3.86. The van der Waals surface area contributed by atoms with E-state index in [1.165, 1.54) is 48.8 Å². The molecule has 1 N–H and O–H groups in total. The van der Waals surface area contributed by atoms with Crippen molar-refractivity contribution in [2.24, 2.45) is 0 Å². The van der Waals surface area contributed by atoms with Crippen LogP contribution in [0.5, 0.6) is 0 Å². The number of hydrogen-bond donors (Lipinski definition) is 1. The van der Waals surface area contributed by atoms with E-state index in [9.17, 15) is 5.11 Å². The molecular weight excluding hydrogens is 268 g/mol. The smallest absolute Gasteiger partial charge is 0.0499 e. The fourth-order valence-corrected chi connectivity index (χ4v) is 3.86. The van der Waals surface area contributed by atoms with Gasteiger partial charge in [-0.25, -0.2) is 0 Å². The van der Waals surface area contributed by atoms with Crippen LogP contribution in [0.2, 0.25) is 0 Å². The van der Waals surface area contributed by atoms with Gasteiger partial charge in [-0.05, 0) is 46.8 Å². The maximum absolute atomic E-state index is 9.82. The van der Waals surface area contributed by atoms with Gasteiger partial charge in [-0.2, -0.15) is 0 Å². The Morgan fingerprint density at radius 2 is 1.64 bits per heavy atom. The van der Waals surface area contributed by atoms with Crippen LogP contribution in [0.1, 0.15) is 95.8 Å². The summed E-state index contributed by atoms with van der Waals surface area (Å²) >= 11 is 0. The van der Waals surface area contributed by atoms with E-state index >= 15 is 0 Å². The molecule has 1 aliphatic carbocycles. The Labute approximate surface area is 137 Å². The van der Waals surface area contributed by atoms with E-state index in [4.69, 9.17) is 0 Å². The summed E-state index contributed by atoms with van der Waals surface area (Å²) in [5.41, 5.74) is 4.89. The highest BCUT2D eigenvalue weighted by atomic mass is 16.3. The Hall–Kier alpha value is -0.820. The van der Waals surface area contributed by atoms with Crippen molar-refractivity contribution in [2.75, 3.05) is 6.61 Å². The van der Waals surface area contributed by atoms with Gasteiger partial charge in [0.25, 0.3) is 0 Å². The Morgan fingerprint density at radius 3 is 2.23 bits per heavy atom. The highest BCUT2D eigenvalue weighted by Gasteiger charge is 2.37. The Kier molecular flexibility index (Phi) is 5.37. The van der Waals surface area contributed by atoms with Crippen molar-refractivity contribution in [3.8, 4) is 0 Å². The Balaban J connectivity index is 2.32. The van der Waals surface area contributed by atoms with Gasteiger partial charge >= 0.3 is 0 Å². The molecule has 2 rings (SSSR count). The number of aliphatic hydroxyl groups excluding tert-OH is 1. The highest BCUT2D eigenvalue weighted by Crippen LogP contribution is 2.46. The molecule has 0 heterocycles. The SMILES string of the molecule is CCCCCC(CO)c1ccc2c(c1)C(C)(C)CCC2(C)C. The lowest BCUT2D eigenvalue weighted by atomic mass is 9.62. The molecule has 1 unspecified atom stereocenters. The summed E-state index contributed by atoms with van der Waals surface area (Å²) in [7, 11) is 0. The minimum absolute atomic E-state index is 0.254. The van der Waals surface area contributed by atoms with Crippen molar-refractivity contribution < 1.29 is 5.11 Å². The molecule has 0 saturated heterocycles. The highest BCUT2D eigenvalue weighted by molar-refractivity contribution is 5.44. The molecule has 0 aromatic heterocycles. The number of fused-ring (bicyclic) bond motifs is 1. The first kappa shape index (κ1) is 17.5. The second kappa shape index (κ2) is 6.74. The van der Waals surface area contributed by atoms with E-state index in [0.29, 0.717) is 5.92 Å². The van der Waals surface area contributed by atoms with Crippen molar-refractivity contribution >= 4 is 0 Å². The van der Waals surface area contributed by atoms with E-state index in [2.05, 4.69) is 52.8 Å². The Morgan fingerprint density at radius 1 is 1.00 bits per heavy atom. The maximum atomic E-state index is 9.82. The summed E-state index contributed by atoms with van der Waals surface area (Å²) in [5, 5.41) is 9.82. The molecule has 0 aliphatic heterocycles. The number of hydrogen-bond acceptors (Lipinski definition) is 1. The van der Waals surface area contributed by atoms with Gasteiger partial charge in [-0.1, -0.05) is 72.1 Å². The second-order valence-corrected chi connectivity index (χ2v) is 8.45. The first-order valence-corrected chi connectivity index (χ1v) is 9.07. The lowest BCUT2D eigenvalue weighted by molar-refractivity contribution is 0.256. The van der Waals surface area contributed by atoms with Crippen LogP contribution in [-0.4, -0.2) is 11.7 Å². The molecule has 1 nitrogen and oxygen atoms in total. The monoisotopic (exact) mass is 302 g/mol. The molecule has 124 valence electrons. The van der Waals surface area contributed by atoms with Crippen LogP contribution in [0.25, 0.3) is 0 Å². The number of aliphatic hydroxyl groups is 1. The first-order valence-electron chi connectivity index (χ1n) is 9.07. The van der Waals surface area contributed by atoms with Crippen molar-refractivity contribution in [2.45, 2.75) is 89.9 Å². The van der Waals surface area contributed by atoms with Gasteiger partial charge in [0.1, 0.15) is 0 Å². The van der Waals surface area contributed by atoms with Crippen LogP contribution in [-0.2, 0) is 10.8 Å². The lowest BCUT2D eigenvalue weighted by Crippen LogP contribution is -2.34. The van der Waals surface area contributed by atoms with Gasteiger partial charge in [-0.3, -0.25) is 0 Å². The molecule has 1 heteroatoms. The molecule has 1 aromatic carbocycles. The normalized spacial score (nSPS) is 20.5. The van der Waals surface area contributed by atoms with Crippen LogP contribution >= 0.6 is 0 Å². The molecule has 1 aromatic rings. The molecule has 0 spiro atoms. The quantitative estimate of drug-likeness (QED) is 0.669. The summed E-state index contributed by atoms with van der Waals surface area (Å²) < 4.78 is 0. The van der Waals surface area contributed by atoms with E-state index in [-0.39, 0.29) is 17.4 Å². The van der Waals surface area contributed by atoms with Crippen LogP contribution in [0, 0.1) is 0 Å². The van der Waals surface area contributed by atoms with Gasteiger partial charge < -0.3 is 5.11 Å². The van der Waals surface area contributed by atoms with E-state index < -0.39 is 0 Å². The van der Waals surface area contributed by atoms with E-state index in [1.54, 1.807) is 0 Å². The third kappa shape index (κ3) is 3.56. The van der Waals surface area contributed by atoms with Gasteiger partial charge in [0, 0.05) is 12.5 Å². The van der Waals surface area contributed by atoms with Gasteiger partial charge in [0.15, 0.2) is 0 Å². The van der Waals surface area contributed by atoms with E-state index in [0.717, 1.165) is 6.42 Å². The second-order valence-electron chi connectivity index (χ2n) is 8.45. The molecule has 0 bridgehead atoms. The van der Waals surface area contributed by atoms with Crippen LogP contribution in [0.15, 0.2) is 18.2 Å². The average molecular weight is 303 g/mol. The molecule has 22 heavy (non-hydrogen) atoms. The lowest BCUT2D eigenvalue weighted by Gasteiger charge is -2.42. The van der Waals surface area contributed by atoms with Crippen molar-refractivity contribution in [1.82, 2.24) is 0 Å². The molecule has 0 amide bonds. The van der Waals surface area contributed by atoms with Crippen LogP contribution in [0.3, 0.4) is 0 Å². The fraction of sp³-hybridized carbons (Fsp3) is 0.714. The van der Waals surface area contributed by atoms with Gasteiger partial charge in [0.2, 0.25) is 0 Å². The summed E-state index contributed by atoms with van der Waals surface area (Å²) in [4.78, 5) is 0. The van der Waals surface area contributed by atoms with Gasteiger partial charge in [0.05, 0.1) is 0 Å². The zero-order chi connectivity index (χ0) is 16.4. The topological polar surface area (TPSA) is 20.2 Å². The number of benzene rings is 1. The molecule has 0 saturated carbocycles. The standard InChI is InChI=1S/C21H34O/c1-6-7-8-9-17(15-22)16-10-11-18-19(14-16)21(4,5)13-12-20(18,2)3/h10-11,14,17,22H,6-9,12-13,15H2,1-5H3. The summed E-state index contributed by atoms with van der Waals surface area (Å²) in [6, 6.07) is 7.02. The minimum atomic E-state index is 0.254. The molecule has 0 radical (unpaired) electrons. The third-order valence-electron chi connectivity index (χ3n) is 5.72. The number of rotatable bonds is 6. The summed E-state index contributed by atoms with van der Waals surface area (Å²) in [6.07, 6.45) is 7.33. The number of unbranched alkanes of at least 4 members (excludes halogenated alkanes) is 2. The first-order chi connectivity index (χ1) is 10.3. The molecule has 0 fully saturated rings. The maximum Gasteiger partial charge on any atom is 0.0499 e. The van der Waals surface area contributed by atoms with E-state index in [1.807, 2.05) is 0 Å². The Bertz CT molecular complexity index is 499. The zero-order valence-electron chi connectivity index (χ0n) is 15.2. The average Bonchev–Trinajstić information content (AvgIpc) is 2.48. The molecule has 1 atom stereocenters. The van der Waals surface area contributed by atoms with Crippen molar-refractivity contribution in [3.05, 3.63) is 34.9 Å². The zero-order valence-corrected chi connectivity index (χ0v) is 15.2. The minimum Gasteiger partial charge on any atom is -0.396 e. The van der Waals surface area contributed by atoms with Gasteiger partial charge in [-0.15, -0.1) is 0 Å². The van der Waals surface area contributed by atoms with Crippen LogP contribution in [0.4, 0.5) is 0 Å².